The van der Waals surface area contributed by atoms with Crippen molar-refractivity contribution in [3.8, 4) is 57.1 Å². The van der Waals surface area contributed by atoms with Crippen LogP contribution in [0.5, 0.6) is 46.0 Å². The van der Waals surface area contributed by atoms with Crippen molar-refractivity contribution in [3.63, 3.8) is 0 Å². The van der Waals surface area contributed by atoms with Crippen LogP contribution in [0.25, 0.3) is 11.1 Å². The molecule has 5 aromatic rings. The Bertz CT molecular complexity index is 4380. The number of aliphatic hydroxyl groups is 6. The number of benzene rings is 5. The summed E-state index contributed by atoms with van der Waals surface area (Å²) in [6.07, 6.45) is -22.4. The second kappa shape index (κ2) is 33.0. The first-order valence-corrected chi connectivity index (χ1v) is 36.0. The molecule has 0 aromatic heterocycles. The molecule has 8 aliphatic heterocycles. The van der Waals surface area contributed by atoms with Crippen LogP contribution in [-0.2, 0) is 62.0 Å². The Morgan fingerprint density at radius 2 is 1.27 bits per heavy atom. The zero-order valence-electron chi connectivity index (χ0n) is 61.3. The number of rotatable bonds is 15. The molecule has 600 valence electrons. The molecule has 0 spiro atoms. The minimum absolute atomic E-state index is 0.0508. The molecule has 8 aliphatic rings. The molecule has 37 heteroatoms. The van der Waals surface area contributed by atoms with E-state index < -0.39 is 255 Å². The van der Waals surface area contributed by atoms with Gasteiger partial charge in [0.15, 0.2) is 36.2 Å². The standard InChI is InChI=1S/C74H91ClN10O26/c1-28(2)17-41(85(7)8)66(97)83-55-57(91)31-9-13-36(14-10-31)106-45-20-34-21-46(61(45)111-72-62(59(93)58(92)47(27-86)108-72)110-50-26-74(6,78)64(95)30(4)105-50)107-44-16-12-33(19-39(44)75)60(109-49-25-73(5,77)63(94)29(3)104-49)56-70(101)82-54(71(102)103)38-22-35(87)23-43(89)51(38)37-18-32(11-15-42(37)88)52(67(98)84-56)81-68(99)53(34)80-65(96)40(24-48(76)90)79-69(55)100/h9-16,18-23,28-30,40-41,47,49-50,52-60,62-64,72,86-89,91-95H,17,24-27,77-78H2,1-8H3,(H2,76,90)(H,79,100)(H,80,96)(H,81,99)(H,82,101)(H,83,97)(H,84,98)(H,102,103)/t29-,30-,40-,41+,47+,49+,50+,52-,53-,54?,55-,56-,57+,58-,59+,60+,62+,63-,64-,72-,73+,74+/m1/s1. The van der Waals surface area contributed by atoms with E-state index in [4.69, 9.17) is 66.7 Å². The Morgan fingerprint density at radius 1 is 0.676 bits per heavy atom. The number of nitrogens with two attached hydrogens (primary N) is 3. The third-order valence-corrected chi connectivity index (χ3v) is 20.6. The largest absolute Gasteiger partial charge is 0.508 e. The van der Waals surface area contributed by atoms with E-state index in [-0.39, 0.29) is 53.4 Å². The molecule has 3 fully saturated rings. The van der Waals surface area contributed by atoms with Gasteiger partial charge in [0.1, 0.15) is 89.5 Å². The smallest absolute Gasteiger partial charge is 0.330 e. The molecule has 0 radical (unpaired) electrons. The fourth-order valence-corrected chi connectivity index (χ4v) is 14.6. The Kier molecular flexibility index (Phi) is 24.5. The lowest BCUT2D eigenvalue weighted by Crippen LogP contribution is -2.64. The molecular formula is C74H91ClN10O26. The van der Waals surface area contributed by atoms with Gasteiger partial charge in [0.2, 0.25) is 53.4 Å². The normalized spacial score (nSPS) is 32.1. The van der Waals surface area contributed by atoms with Gasteiger partial charge < -0.3 is 138 Å². The first-order valence-electron chi connectivity index (χ1n) is 35.6. The molecule has 1 unspecified atom stereocenters. The maximum absolute atomic E-state index is 16.4. The van der Waals surface area contributed by atoms with E-state index in [1.165, 1.54) is 70.2 Å². The number of carbonyl (C=O) groups is 8. The highest BCUT2D eigenvalue weighted by Gasteiger charge is 2.52. The zero-order valence-corrected chi connectivity index (χ0v) is 62.1. The quantitative estimate of drug-likeness (QED) is 0.0657. The van der Waals surface area contributed by atoms with E-state index in [1.54, 1.807) is 19.0 Å². The highest BCUT2D eigenvalue weighted by Crippen LogP contribution is 2.50. The van der Waals surface area contributed by atoms with Gasteiger partial charge in [0.05, 0.1) is 48.5 Å². The lowest BCUT2D eigenvalue weighted by Gasteiger charge is -2.47. The van der Waals surface area contributed by atoms with Crippen LogP contribution >= 0.6 is 11.6 Å². The summed E-state index contributed by atoms with van der Waals surface area (Å²) in [7, 11) is 3.22. The first kappa shape index (κ1) is 82.4. The fraction of sp³-hybridized carbons (Fsp3) is 0.486. The Hall–Kier alpha value is -9.61. The number of carboxylic acid groups (broad SMARTS) is 1. The van der Waals surface area contributed by atoms with Crippen LogP contribution in [0.1, 0.15) is 125 Å². The van der Waals surface area contributed by atoms with Crippen molar-refractivity contribution >= 4 is 58.9 Å². The highest BCUT2D eigenvalue weighted by molar-refractivity contribution is 6.32. The molecule has 8 heterocycles. The average Bonchev–Trinajstić information content (AvgIpc) is 0.773. The van der Waals surface area contributed by atoms with Gasteiger partial charge in [-0.3, -0.25) is 38.5 Å². The number of phenolic OH excluding ortho intramolecular Hbond substituents is 3. The molecule has 7 amide bonds. The second-order valence-corrected chi connectivity index (χ2v) is 30.2. The van der Waals surface area contributed by atoms with Gasteiger partial charge in [-0.2, -0.15) is 0 Å². The van der Waals surface area contributed by atoms with Gasteiger partial charge in [-0.25, -0.2) is 4.79 Å². The number of aromatic hydroxyl groups is 3. The van der Waals surface area contributed by atoms with E-state index in [2.05, 4.69) is 31.9 Å². The molecule has 22 atom stereocenters. The van der Waals surface area contributed by atoms with Crippen molar-refractivity contribution in [2.75, 3.05) is 20.7 Å². The SMILES string of the molecule is CC(C)C[C@@H](C(=O)N[C@H]1C(=O)N[C@H](CC(N)=O)C(=O)N[C@H]2C(=O)N[C@H]3C(=O)N[C@@H](C(=O)NC(C(=O)O)c4cc(O)cc(O)c4-c4cc3ccc4O)[C@@H](O[C@H]3C[C@](C)(N)[C@H](O)[C@@H](C)O3)c3ccc(c(Cl)c3)Oc3cc2cc(c3O[C@H]2O[C@@H](CO)[C@@H](O)[C@H](O)[C@@H]2O[C@H]2C[C@](C)(N)[C@H](O)[C@@H](C)O2)Oc2ccc(cc2)[C@@H]1O)N(C)C. The maximum atomic E-state index is 16.4. The zero-order chi connectivity index (χ0) is 80.9. The number of carbonyl (C=O) groups excluding carboxylic acids is 7. The lowest BCUT2D eigenvalue weighted by atomic mass is 9.86. The number of primary amides is 1. The third-order valence-electron chi connectivity index (χ3n) is 20.3. The number of hydrogen-bond donors (Lipinski definition) is 19. The molecule has 11 bridgehead atoms. The van der Waals surface area contributed by atoms with E-state index in [1.807, 2.05) is 13.8 Å². The van der Waals surface area contributed by atoms with Crippen LogP contribution in [0.4, 0.5) is 0 Å². The number of aliphatic carboxylic acids is 1. The Balaban J connectivity index is 1.18. The molecule has 111 heavy (non-hydrogen) atoms. The van der Waals surface area contributed by atoms with E-state index in [9.17, 15) is 65.4 Å². The predicted molar refractivity (Wildman–Crippen MR) is 385 cm³/mol. The Morgan fingerprint density at radius 3 is 1.86 bits per heavy atom. The van der Waals surface area contributed by atoms with Gasteiger partial charge >= 0.3 is 5.97 Å². The maximum Gasteiger partial charge on any atom is 0.330 e. The van der Waals surface area contributed by atoms with Crippen LogP contribution in [0.2, 0.25) is 5.02 Å². The number of hydrogen-bond acceptors (Lipinski definition) is 28. The van der Waals surface area contributed by atoms with Crippen molar-refractivity contribution in [1.82, 2.24) is 36.8 Å². The summed E-state index contributed by atoms with van der Waals surface area (Å²) in [6, 6.07) is 1.60. The lowest BCUT2D eigenvalue weighted by molar-refractivity contribution is -0.333. The number of likely N-dealkylation sites (N-methyl/N-ethyl adjacent to an activating group) is 1. The summed E-state index contributed by atoms with van der Waals surface area (Å²) >= 11 is 7.35. The second-order valence-electron chi connectivity index (χ2n) is 29.8. The summed E-state index contributed by atoms with van der Waals surface area (Å²) in [6.45, 7) is 8.69. The number of nitrogens with zero attached hydrogens (tertiary/aromatic N) is 1. The van der Waals surface area contributed by atoms with Crippen LogP contribution in [0.15, 0.2) is 84.9 Å². The molecule has 5 aromatic carbocycles. The van der Waals surface area contributed by atoms with Crippen molar-refractivity contribution in [2.45, 2.75) is 201 Å². The van der Waals surface area contributed by atoms with Crippen molar-refractivity contribution < 1.29 is 127 Å². The van der Waals surface area contributed by atoms with Crippen LogP contribution in [0, 0.1) is 5.92 Å². The van der Waals surface area contributed by atoms with Gasteiger partial charge in [0.25, 0.3) is 0 Å². The molecule has 0 saturated carbocycles. The summed E-state index contributed by atoms with van der Waals surface area (Å²) in [5.74, 6) is -15.4. The van der Waals surface area contributed by atoms with E-state index in [0.29, 0.717) is 0 Å². The number of phenols is 3. The summed E-state index contributed by atoms with van der Waals surface area (Å²) < 4.78 is 51.7. The number of halogens is 1. The Labute approximate surface area is 639 Å². The minimum atomic E-state index is -2.34. The number of ether oxygens (including phenoxy) is 8. The number of nitrogens with one attached hydrogen (secondary N) is 6. The number of carboxylic acids is 1. The molecule has 3 saturated heterocycles. The van der Waals surface area contributed by atoms with Crippen molar-refractivity contribution in [3.05, 3.63) is 118 Å². The van der Waals surface area contributed by atoms with Gasteiger partial charge in [-0.05, 0) is 131 Å². The summed E-state index contributed by atoms with van der Waals surface area (Å²) in [5.41, 5.74) is 13.6. The number of aliphatic hydroxyl groups excluding tert-OH is 6. The van der Waals surface area contributed by atoms with Crippen LogP contribution < -0.4 is 63.3 Å². The summed E-state index contributed by atoms with van der Waals surface area (Å²) in [4.78, 5) is 122. The van der Waals surface area contributed by atoms with Crippen LogP contribution in [0.3, 0.4) is 0 Å². The van der Waals surface area contributed by atoms with Crippen LogP contribution in [-0.4, -0.2) is 227 Å². The molecule has 0 aliphatic carbocycles. The molecule has 36 nitrogen and oxygen atoms in total. The third kappa shape index (κ3) is 17.7. The number of fused-ring (bicyclic) bond motifs is 15. The first-order chi connectivity index (χ1) is 52.2. The molecular weight excluding hydrogens is 1480 g/mol. The van der Waals surface area contributed by atoms with Gasteiger partial charge in [-0.1, -0.05) is 49.7 Å². The van der Waals surface area contributed by atoms with E-state index >= 15 is 24.0 Å². The molecule has 13 rings (SSSR count). The summed E-state index contributed by atoms with van der Waals surface area (Å²) in [5, 5.41) is 129. The average molecular weight is 1570 g/mol. The predicted octanol–water partition coefficient (Wildman–Crippen LogP) is 0.0325. The van der Waals surface area contributed by atoms with Crippen molar-refractivity contribution in [1.29, 1.82) is 0 Å². The monoisotopic (exact) mass is 1570 g/mol. The minimum Gasteiger partial charge on any atom is -0.508 e. The number of amides is 7. The van der Waals surface area contributed by atoms with E-state index in [0.717, 1.165) is 42.5 Å². The van der Waals surface area contributed by atoms with Gasteiger partial charge in [0, 0.05) is 46.7 Å². The van der Waals surface area contributed by atoms with Gasteiger partial charge in [-0.15, -0.1) is 0 Å². The molecule has 22 N–H and O–H groups in total. The topological polar surface area (TPSA) is 566 Å². The van der Waals surface area contributed by atoms with Crippen molar-refractivity contribution in [2.24, 2.45) is 23.1 Å². The highest BCUT2D eigenvalue weighted by atomic mass is 35.5. The fourth-order valence-electron chi connectivity index (χ4n) is 14.4.